The maximum absolute atomic E-state index is 11.9. The zero-order chi connectivity index (χ0) is 15.5. The third kappa shape index (κ3) is 5.46. The number of hydrogen-bond acceptors (Lipinski definition) is 4. The Bertz CT molecular complexity index is 451. The number of alkyl halides is 6. The van der Waals surface area contributed by atoms with Crippen molar-refractivity contribution in [2.45, 2.75) is 11.7 Å². The van der Waals surface area contributed by atoms with Gasteiger partial charge in [-0.2, -0.15) is 26.3 Å². The van der Waals surface area contributed by atoms with Crippen molar-refractivity contribution < 1.29 is 44.3 Å². The number of carbonyl (C=O) groups is 1. The molecule has 0 aromatic rings. The summed E-state index contributed by atoms with van der Waals surface area (Å²) in [5, 5.41) is 0. The number of sulfonamides is 1. The molecule has 0 saturated carbocycles. The first-order valence-electron chi connectivity index (χ1n) is 4.22. The number of halogens is 6. The van der Waals surface area contributed by atoms with Crippen molar-refractivity contribution >= 4 is 16.0 Å². The van der Waals surface area contributed by atoms with E-state index in [9.17, 15) is 39.6 Å². The molecule has 0 saturated heterocycles. The van der Waals surface area contributed by atoms with Crippen molar-refractivity contribution in [3.05, 3.63) is 16.9 Å². The summed E-state index contributed by atoms with van der Waals surface area (Å²) in [4.78, 5) is 10.7. The lowest BCUT2D eigenvalue weighted by Crippen LogP contribution is -2.25. The van der Waals surface area contributed by atoms with E-state index in [0.29, 0.717) is 0 Å². The first-order valence-corrected chi connectivity index (χ1v) is 5.66. The summed E-state index contributed by atoms with van der Waals surface area (Å²) in [6.07, 6.45) is -5.05. The van der Waals surface area contributed by atoms with Crippen LogP contribution < -0.4 is 0 Å². The summed E-state index contributed by atoms with van der Waals surface area (Å²) in [5.41, 5.74) is -7.49. The molecule has 0 atom stereocenters. The lowest BCUT2D eigenvalue weighted by atomic mass is 10.3. The second-order valence-electron chi connectivity index (χ2n) is 2.89. The van der Waals surface area contributed by atoms with Crippen LogP contribution in [0.4, 0.5) is 26.3 Å². The SMILES string of the molecule is C=C(C(=O)OCC[N-]S(=O)(=O)C(F)(F)F)C(F)(F)F. The zero-order valence-corrected chi connectivity index (χ0v) is 9.69. The van der Waals surface area contributed by atoms with Gasteiger partial charge in [0.1, 0.15) is 5.57 Å². The molecule has 0 aliphatic carbocycles. The molecule has 0 heterocycles. The fourth-order valence-corrected chi connectivity index (χ4v) is 1.03. The standard InChI is InChI=1S/C7H6F6NO4S/c1-4(6(8,9)10)5(15)18-3-2-14-19(16,17)7(11,12)13/h1-3H2/q-1. The molecule has 0 N–H and O–H groups in total. The van der Waals surface area contributed by atoms with Crippen molar-refractivity contribution in [2.24, 2.45) is 0 Å². The molecule has 0 aliphatic heterocycles. The normalized spacial score (nSPS) is 13.2. The second kappa shape index (κ2) is 5.77. The van der Waals surface area contributed by atoms with Crippen LogP contribution in [0, 0.1) is 0 Å². The Labute approximate surface area is 103 Å². The minimum absolute atomic E-state index is 1.07. The van der Waals surface area contributed by atoms with Crippen LogP contribution in [-0.2, 0) is 19.6 Å². The average Bonchev–Trinajstić information content (AvgIpc) is 2.20. The van der Waals surface area contributed by atoms with E-state index in [1.807, 2.05) is 0 Å². The van der Waals surface area contributed by atoms with Gasteiger partial charge in [-0.05, 0) is 0 Å². The smallest absolute Gasteiger partial charge is 0.480 e. The fourth-order valence-electron chi connectivity index (χ4n) is 0.572. The Morgan fingerprint density at radius 1 is 1.16 bits per heavy atom. The molecule has 12 heteroatoms. The number of esters is 1. The molecular weight excluding hydrogens is 308 g/mol. The van der Waals surface area contributed by atoms with E-state index in [-0.39, 0.29) is 0 Å². The maximum atomic E-state index is 11.9. The fraction of sp³-hybridized carbons (Fsp3) is 0.571. The maximum Gasteiger partial charge on any atom is 0.480 e. The third-order valence-electron chi connectivity index (χ3n) is 1.47. The van der Waals surface area contributed by atoms with E-state index < -0.39 is 46.4 Å². The van der Waals surface area contributed by atoms with Gasteiger partial charge in [0.2, 0.25) is 0 Å². The summed E-state index contributed by atoms with van der Waals surface area (Å²) in [6, 6.07) is 0. The molecule has 0 spiro atoms. The monoisotopic (exact) mass is 314 g/mol. The number of rotatable bonds is 5. The Morgan fingerprint density at radius 3 is 2.00 bits per heavy atom. The van der Waals surface area contributed by atoms with Gasteiger partial charge in [-0.25, -0.2) is 13.2 Å². The Kier molecular flexibility index (Phi) is 5.38. The molecule has 0 bridgehead atoms. The summed E-state index contributed by atoms with van der Waals surface area (Å²) in [6.45, 7) is 0.144. The highest BCUT2D eigenvalue weighted by Gasteiger charge is 2.39. The van der Waals surface area contributed by atoms with Gasteiger partial charge >= 0.3 is 17.7 Å². The van der Waals surface area contributed by atoms with Crippen LogP contribution in [0.1, 0.15) is 0 Å². The van der Waals surface area contributed by atoms with Crippen molar-refractivity contribution in [3.8, 4) is 0 Å². The van der Waals surface area contributed by atoms with Gasteiger partial charge in [-0.15, -0.1) is 6.54 Å². The second-order valence-corrected chi connectivity index (χ2v) is 4.56. The van der Waals surface area contributed by atoms with Gasteiger partial charge in [0, 0.05) is 0 Å². The van der Waals surface area contributed by atoms with E-state index in [0.717, 1.165) is 0 Å². The van der Waals surface area contributed by atoms with Gasteiger partial charge in [0.15, 0.2) is 10.0 Å². The van der Waals surface area contributed by atoms with Crippen LogP contribution in [0.2, 0.25) is 0 Å². The predicted octanol–water partition coefficient (Wildman–Crippen LogP) is 1.87. The summed E-state index contributed by atoms with van der Waals surface area (Å²) in [7, 11) is -5.76. The van der Waals surface area contributed by atoms with Gasteiger partial charge in [-0.1, -0.05) is 6.58 Å². The lowest BCUT2D eigenvalue weighted by Gasteiger charge is -2.21. The number of ether oxygens (including phenoxy) is 1. The minimum atomic E-state index is -5.76. The Morgan fingerprint density at radius 2 is 1.63 bits per heavy atom. The quantitative estimate of drug-likeness (QED) is 0.336. The molecule has 5 nitrogen and oxygen atoms in total. The average molecular weight is 314 g/mol. The van der Waals surface area contributed by atoms with E-state index in [1.165, 1.54) is 0 Å². The molecule has 112 valence electrons. The Hall–Kier alpha value is -1.30. The van der Waals surface area contributed by atoms with Crippen molar-refractivity contribution in [2.75, 3.05) is 13.2 Å². The highest BCUT2D eigenvalue weighted by atomic mass is 32.2. The van der Waals surface area contributed by atoms with E-state index in [4.69, 9.17) is 0 Å². The topological polar surface area (TPSA) is 74.5 Å². The molecule has 0 fully saturated rings. The summed E-state index contributed by atoms with van der Waals surface area (Å²) >= 11 is 0. The molecule has 0 aromatic heterocycles. The van der Waals surface area contributed by atoms with Crippen LogP contribution >= 0.6 is 0 Å². The molecule has 0 aromatic carbocycles. The number of nitrogens with zero attached hydrogens (tertiary/aromatic N) is 1. The highest BCUT2D eigenvalue weighted by molar-refractivity contribution is 7.94. The van der Waals surface area contributed by atoms with Gasteiger partial charge < -0.3 is 9.46 Å². The van der Waals surface area contributed by atoms with E-state index in [2.05, 4.69) is 16.0 Å². The Balaban J connectivity index is 4.22. The number of carbonyl (C=O) groups excluding carboxylic acids is 1. The molecule has 0 unspecified atom stereocenters. The predicted molar refractivity (Wildman–Crippen MR) is 49.4 cm³/mol. The van der Waals surface area contributed by atoms with Crippen LogP contribution in [0.5, 0.6) is 0 Å². The van der Waals surface area contributed by atoms with Gasteiger partial charge in [0.25, 0.3) is 0 Å². The van der Waals surface area contributed by atoms with Gasteiger partial charge in [0.05, 0.1) is 6.61 Å². The largest absolute Gasteiger partial charge is 0.538 e. The molecule has 0 aliphatic rings. The van der Waals surface area contributed by atoms with E-state index >= 15 is 0 Å². The molecule has 0 rings (SSSR count). The molecule has 0 amide bonds. The summed E-state index contributed by atoms with van der Waals surface area (Å²) < 4.78 is 97.7. The first kappa shape index (κ1) is 17.7. The highest BCUT2D eigenvalue weighted by Crippen LogP contribution is 2.27. The zero-order valence-electron chi connectivity index (χ0n) is 8.88. The van der Waals surface area contributed by atoms with Crippen molar-refractivity contribution in [3.63, 3.8) is 0 Å². The van der Waals surface area contributed by atoms with Crippen LogP contribution in [-0.4, -0.2) is 39.2 Å². The van der Waals surface area contributed by atoms with Crippen LogP contribution in [0.15, 0.2) is 12.2 Å². The summed E-state index contributed by atoms with van der Waals surface area (Å²) in [5.74, 6) is -1.92. The van der Waals surface area contributed by atoms with Gasteiger partial charge in [-0.3, -0.25) is 0 Å². The van der Waals surface area contributed by atoms with Crippen molar-refractivity contribution in [1.82, 2.24) is 0 Å². The molecule has 0 radical (unpaired) electrons. The van der Waals surface area contributed by atoms with Crippen LogP contribution in [0.25, 0.3) is 4.72 Å². The first-order chi connectivity index (χ1) is 8.29. The minimum Gasteiger partial charge on any atom is -0.538 e. The van der Waals surface area contributed by atoms with Crippen molar-refractivity contribution in [1.29, 1.82) is 0 Å². The third-order valence-corrected chi connectivity index (χ3v) is 2.57. The van der Waals surface area contributed by atoms with Crippen LogP contribution in [0.3, 0.4) is 0 Å². The molecule has 19 heavy (non-hydrogen) atoms. The number of hydrogen-bond donors (Lipinski definition) is 0. The molecular formula is C7H6F6NO4S-. The van der Waals surface area contributed by atoms with E-state index in [1.54, 1.807) is 0 Å². The lowest BCUT2D eigenvalue weighted by molar-refractivity contribution is -0.150.